The first-order chi connectivity index (χ1) is 11.4. The number of nitrogens with zero attached hydrogens (tertiary/aromatic N) is 3. The van der Waals surface area contributed by atoms with Crippen LogP contribution >= 0.6 is 0 Å². The summed E-state index contributed by atoms with van der Waals surface area (Å²) in [5.74, 6) is 0.743. The van der Waals surface area contributed by atoms with Crippen LogP contribution in [0.4, 0.5) is 5.82 Å². The average Bonchev–Trinajstić information content (AvgIpc) is 3.07. The summed E-state index contributed by atoms with van der Waals surface area (Å²) in [4.78, 5) is 14.7. The zero-order valence-corrected chi connectivity index (χ0v) is 14.9. The number of anilines is 1. The van der Waals surface area contributed by atoms with Crippen LogP contribution in [0, 0.1) is 0 Å². The molecule has 7 nitrogen and oxygen atoms in total. The molecule has 1 unspecified atom stereocenters. The molecule has 7 heteroatoms. The molecule has 2 saturated heterocycles. The van der Waals surface area contributed by atoms with Gasteiger partial charge in [-0.1, -0.05) is 6.92 Å². The highest BCUT2D eigenvalue weighted by molar-refractivity contribution is 5.91. The van der Waals surface area contributed by atoms with Gasteiger partial charge in [-0.05, 0) is 20.3 Å². The SMILES string of the molecule is CCCn1nccc1NC(=O)CN1CC(C)(C)OC2(CCOC2)C1. The van der Waals surface area contributed by atoms with E-state index in [2.05, 4.69) is 36.1 Å². The zero-order valence-electron chi connectivity index (χ0n) is 14.9. The second kappa shape index (κ2) is 6.82. The zero-order chi connectivity index (χ0) is 17.2. The van der Waals surface area contributed by atoms with Gasteiger partial charge in [0.25, 0.3) is 0 Å². The molecule has 3 heterocycles. The van der Waals surface area contributed by atoms with Gasteiger partial charge in [0.1, 0.15) is 11.4 Å². The van der Waals surface area contributed by atoms with Crippen LogP contribution in [-0.2, 0) is 20.8 Å². The maximum Gasteiger partial charge on any atom is 0.239 e. The largest absolute Gasteiger partial charge is 0.378 e. The molecule has 1 atom stereocenters. The molecule has 2 aliphatic heterocycles. The Balaban J connectivity index is 1.62. The van der Waals surface area contributed by atoms with Crippen molar-refractivity contribution in [3.8, 4) is 0 Å². The van der Waals surface area contributed by atoms with Crippen LogP contribution in [0.5, 0.6) is 0 Å². The maximum atomic E-state index is 12.5. The smallest absolute Gasteiger partial charge is 0.239 e. The number of ether oxygens (including phenoxy) is 2. The third kappa shape index (κ3) is 3.96. The normalized spacial score (nSPS) is 26.8. The first-order valence-electron chi connectivity index (χ1n) is 8.73. The minimum absolute atomic E-state index is 0.0142. The number of hydrogen-bond acceptors (Lipinski definition) is 5. The summed E-state index contributed by atoms with van der Waals surface area (Å²) in [5, 5.41) is 7.22. The van der Waals surface area contributed by atoms with Crippen molar-refractivity contribution in [2.24, 2.45) is 0 Å². The average molecular weight is 336 g/mol. The van der Waals surface area contributed by atoms with Gasteiger partial charge in [0.2, 0.25) is 5.91 Å². The Labute approximate surface area is 143 Å². The van der Waals surface area contributed by atoms with Crippen LogP contribution in [-0.4, -0.2) is 64.6 Å². The Morgan fingerprint density at radius 2 is 2.25 bits per heavy atom. The van der Waals surface area contributed by atoms with E-state index < -0.39 is 0 Å². The van der Waals surface area contributed by atoms with Gasteiger partial charge in [0, 0.05) is 38.7 Å². The molecule has 134 valence electrons. The highest BCUT2D eigenvalue weighted by atomic mass is 16.6. The van der Waals surface area contributed by atoms with Gasteiger partial charge in [0.15, 0.2) is 0 Å². The van der Waals surface area contributed by atoms with E-state index >= 15 is 0 Å². The van der Waals surface area contributed by atoms with Crippen molar-refractivity contribution in [1.82, 2.24) is 14.7 Å². The predicted octanol–water partition coefficient (Wildman–Crippen LogP) is 1.50. The number of carbonyl (C=O) groups is 1. The lowest BCUT2D eigenvalue weighted by Gasteiger charge is -2.47. The Kier molecular flexibility index (Phi) is 4.94. The molecule has 0 bridgehead atoms. The lowest BCUT2D eigenvalue weighted by Crippen LogP contribution is -2.61. The standard InChI is InChI=1S/C17H28N4O3/c1-4-8-21-14(5-7-18-21)19-15(22)10-20-11-16(2,3)24-17(12-20)6-9-23-13-17/h5,7H,4,6,8-13H2,1-3H3,(H,19,22). The maximum absolute atomic E-state index is 12.5. The number of hydrogen-bond donors (Lipinski definition) is 1. The number of aryl methyl sites for hydroxylation is 1. The second-order valence-electron chi connectivity index (χ2n) is 7.48. The lowest BCUT2D eigenvalue weighted by atomic mass is 9.95. The van der Waals surface area contributed by atoms with Gasteiger partial charge in [0.05, 0.1) is 24.9 Å². The molecule has 1 spiro atoms. The number of amides is 1. The molecule has 0 aromatic carbocycles. The summed E-state index contributed by atoms with van der Waals surface area (Å²) < 4.78 is 13.7. The van der Waals surface area contributed by atoms with Crippen LogP contribution in [0.1, 0.15) is 33.6 Å². The van der Waals surface area contributed by atoms with E-state index in [9.17, 15) is 4.79 Å². The van der Waals surface area contributed by atoms with Crippen LogP contribution in [0.15, 0.2) is 12.3 Å². The van der Waals surface area contributed by atoms with E-state index in [0.717, 1.165) is 44.9 Å². The molecule has 1 amide bonds. The summed E-state index contributed by atoms with van der Waals surface area (Å²) >= 11 is 0. The number of aromatic nitrogens is 2. The summed E-state index contributed by atoms with van der Waals surface area (Å²) in [7, 11) is 0. The Bertz CT molecular complexity index is 578. The van der Waals surface area contributed by atoms with E-state index in [1.165, 1.54) is 0 Å². The van der Waals surface area contributed by atoms with Crippen molar-refractivity contribution in [2.45, 2.75) is 51.4 Å². The first-order valence-corrected chi connectivity index (χ1v) is 8.73. The van der Waals surface area contributed by atoms with E-state index in [-0.39, 0.29) is 17.1 Å². The van der Waals surface area contributed by atoms with Crippen molar-refractivity contribution >= 4 is 11.7 Å². The number of rotatable bonds is 5. The Hall–Kier alpha value is -1.44. The quantitative estimate of drug-likeness (QED) is 0.882. The van der Waals surface area contributed by atoms with Crippen molar-refractivity contribution in [3.63, 3.8) is 0 Å². The van der Waals surface area contributed by atoms with Gasteiger partial charge < -0.3 is 14.8 Å². The van der Waals surface area contributed by atoms with E-state index in [4.69, 9.17) is 9.47 Å². The van der Waals surface area contributed by atoms with E-state index in [1.807, 2.05) is 10.7 Å². The highest BCUT2D eigenvalue weighted by Crippen LogP contribution is 2.34. The van der Waals surface area contributed by atoms with E-state index in [0.29, 0.717) is 13.2 Å². The fourth-order valence-electron chi connectivity index (χ4n) is 3.77. The van der Waals surface area contributed by atoms with Crippen molar-refractivity contribution in [3.05, 3.63) is 12.3 Å². The van der Waals surface area contributed by atoms with Crippen LogP contribution in [0.2, 0.25) is 0 Å². The van der Waals surface area contributed by atoms with Crippen molar-refractivity contribution in [2.75, 3.05) is 38.2 Å². The van der Waals surface area contributed by atoms with Gasteiger partial charge >= 0.3 is 0 Å². The Morgan fingerprint density at radius 1 is 1.42 bits per heavy atom. The molecule has 2 aliphatic rings. The molecule has 2 fully saturated rings. The molecule has 0 radical (unpaired) electrons. The molecule has 0 saturated carbocycles. The molecule has 1 N–H and O–H groups in total. The highest BCUT2D eigenvalue weighted by Gasteiger charge is 2.46. The van der Waals surface area contributed by atoms with Crippen molar-refractivity contribution < 1.29 is 14.3 Å². The molecule has 3 rings (SSSR count). The minimum Gasteiger partial charge on any atom is -0.378 e. The number of morpholine rings is 1. The first kappa shape index (κ1) is 17.4. The van der Waals surface area contributed by atoms with Crippen LogP contribution in [0.25, 0.3) is 0 Å². The number of nitrogens with one attached hydrogen (secondary N) is 1. The molecular formula is C17H28N4O3. The predicted molar refractivity (Wildman–Crippen MR) is 90.9 cm³/mol. The number of carbonyl (C=O) groups excluding carboxylic acids is 1. The van der Waals surface area contributed by atoms with Gasteiger partial charge in [-0.25, -0.2) is 4.68 Å². The monoisotopic (exact) mass is 336 g/mol. The van der Waals surface area contributed by atoms with Crippen molar-refractivity contribution in [1.29, 1.82) is 0 Å². The third-order valence-corrected chi connectivity index (χ3v) is 4.46. The molecule has 24 heavy (non-hydrogen) atoms. The van der Waals surface area contributed by atoms with Crippen LogP contribution < -0.4 is 5.32 Å². The summed E-state index contributed by atoms with van der Waals surface area (Å²) in [5.41, 5.74) is -0.553. The fraction of sp³-hybridized carbons (Fsp3) is 0.765. The molecule has 1 aromatic rings. The van der Waals surface area contributed by atoms with E-state index in [1.54, 1.807) is 6.20 Å². The van der Waals surface area contributed by atoms with Gasteiger partial charge in [-0.3, -0.25) is 9.69 Å². The molecule has 1 aromatic heterocycles. The third-order valence-electron chi connectivity index (χ3n) is 4.46. The van der Waals surface area contributed by atoms with Gasteiger partial charge in [-0.15, -0.1) is 0 Å². The topological polar surface area (TPSA) is 68.6 Å². The fourth-order valence-corrected chi connectivity index (χ4v) is 3.77. The van der Waals surface area contributed by atoms with Crippen LogP contribution in [0.3, 0.4) is 0 Å². The molecule has 0 aliphatic carbocycles. The molecular weight excluding hydrogens is 308 g/mol. The lowest BCUT2D eigenvalue weighted by molar-refractivity contribution is -0.195. The summed E-state index contributed by atoms with van der Waals surface area (Å²) in [6.07, 6.45) is 3.58. The summed E-state index contributed by atoms with van der Waals surface area (Å²) in [6.45, 7) is 10.2. The second-order valence-corrected chi connectivity index (χ2v) is 7.48. The Morgan fingerprint density at radius 3 is 2.96 bits per heavy atom. The van der Waals surface area contributed by atoms with Gasteiger partial charge in [-0.2, -0.15) is 5.10 Å². The minimum atomic E-state index is -0.282. The summed E-state index contributed by atoms with van der Waals surface area (Å²) in [6, 6.07) is 1.84.